The highest BCUT2D eigenvalue weighted by Crippen LogP contribution is 2.22. The van der Waals surface area contributed by atoms with Crippen LogP contribution in [0.1, 0.15) is 26.2 Å². The lowest BCUT2D eigenvalue weighted by Crippen LogP contribution is -2.46. The van der Waals surface area contributed by atoms with Crippen LogP contribution in [0.5, 0.6) is 0 Å². The fraction of sp³-hybridized carbons (Fsp3) is 0.875. The van der Waals surface area contributed by atoms with E-state index < -0.39 is 12.7 Å². The van der Waals surface area contributed by atoms with E-state index in [4.69, 9.17) is 0 Å². The van der Waals surface area contributed by atoms with Crippen LogP contribution in [-0.4, -0.2) is 80.2 Å². The summed E-state index contributed by atoms with van der Waals surface area (Å²) in [6.07, 6.45) is -2.00. The van der Waals surface area contributed by atoms with Gasteiger partial charge < -0.3 is 15.5 Å². The summed E-state index contributed by atoms with van der Waals surface area (Å²) in [5.74, 6) is 0.982. The Kier molecular flexibility index (Phi) is 9.42. The van der Waals surface area contributed by atoms with Gasteiger partial charge in [-0.2, -0.15) is 13.2 Å². The van der Waals surface area contributed by atoms with Gasteiger partial charge in [0.15, 0.2) is 5.96 Å². The highest BCUT2D eigenvalue weighted by Gasteiger charge is 2.34. The maximum absolute atomic E-state index is 12.4. The van der Waals surface area contributed by atoms with E-state index in [-0.39, 0.29) is 41.8 Å². The molecule has 0 aliphatic carbocycles. The normalized spacial score (nSPS) is 24.5. The predicted octanol–water partition coefficient (Wildman–Crippen LogP) is 1.66. The number of alkyl halides is 3. The summed E-state index contributed by atoms with van der Waals surface area (Å²) in [7, 11) is 1.67. The van der Waals surface area contributed by atoms with Crippen LogP contribution in [0.25, 0.3) is 0 Å². The molecule has 2 saturated heterocycles. The molecule has 0 bridgehead atoms. The van der Waals surface area contributed by atoms with E-state index in [2.05, 4.69) is 15.6 Å². The van der Waals surface area contributed by atoms with Crippen LogP contribution in [0, 0.1) is 5.92 Å². The van der Waals surface area contributed by atoms with Crippen LogP contribution in [0.15, 0.2) is 4.99 Å². The maximum atomic E-state index is 12.4. The molecule has 2 heterocycles. The fourth-order valence-electron chi connectivity index (χ4n) is 3.43. The molecule has 26 heavy (non-hydrogen) atoms. The Morgan fingerprint density at radius 1 is 1.23 bits per heavy atom. The predicted molar refractivity (Wildman–Crippen MR) is 106 cm³/mol. The highest BCUT2D eigenvalue weighted by atomic mass is 127. The second kappa shape index (κ2) is 10.5. The van der Waals surface area contributed by atoms with Crippen LogP contribution in [0.2, 0.25) is 0 Å². The Labute approximate surface area is 170 Å². The van der Waals surface area contributed by atoms with Gasteiger partial charge in [-0.1, -0.05) is 6.92 Å². The van der Waals surface area contributed by atoms with Gasteiger partial charge in [-0.25, -0.2) is 0 Å². The molecule has 0 aromatic heterocycles. The first kappa shape index (κ1) is 23.3. The number of halogens is 4. The SMILES string of the molecule is CCC(=O)N1CCC(NC(=NC)NCC2CCN(CC(F)(F)F)C2)C1.I. The van der Waals surface area contributed by atoms with Crippen molar-refractivity contribution in [2.75, 3.05) is 46.3 Å². The number of guanidine groups is 1. The molecule has 10 heteroatoms. The van der Waals surface area contributed by atoms with Gasteiger partial charge in [0.1, 0.15) is 0 Å². The zero-order valence-electron chi connectivity index (χ0n) is 15.3. The molecule has 2 unspecified atom stereocenters. The third-order valence-corrected chi connectivity index (χ3v) is 4.74. The fourth-order valence-corrected chi connectivity index (χ4v) is 3.43. The monoisotopic (exact) mass is 491 g/mol. The summed E-state index contributed by atoms with van der Waals surface area (Å²) >= 11 is 0. The number of nitrogens with zero attached hydrogens (tertiary/aromatic N) is 3. The van der Waals surface area contributed by atoms with Crippen molar-refractivity contribution >= 4 is 35.8 Å². The summed E-state index contributed by atoms with van der Waals surface area (Å²) in [6.45, 7) is 3.96. The molecule has 6 nitrogen and oxygen atoms in total. The van der Waals surface area contributed by atoms with Crippen LogP contribution in [0.4, 0.5) is 13.2 Å². The number of carbonyl (C=O) groups excluding carboxylic acids is 1. The smallest absolute Gasteiger partial charge is 0.356 e. The van der Waals surface area contributed by atoms with Crippen molar-refractivity contribution in [1.29, 1.82) is 0 Å². The third kappa shape index (κ3) is 7.45. The van der Waals surface area contributed by atoms with Crippen molar-refractivity contribution in [2.24, 2.45) is 10.9 Å². The van der Waals surface area contributed by atoms with Crippen molar-refractivity contribution in [1.82, 2.24) is 20.4 Å². The van der Waals surface area contributed by atoms with Gasteiger partial charge in [-0.3, -0.25) is 14.7 Å². The molecule has 0 radical (unpaired) electrons. The number of hydrogen-bond acceptors (Lipinski definition) is 3. The van der Waals surface area contributed by atoms with Crippen LogP contribution in [-0.2, 0) is 4.79 Å². The standard InChI is InChI=1S/C16H28F3N5O.HI/c1-3-14(25)24-7-5-13(10-24)22-15(20-2)21-8-12-4-6-23(9-12)11-16(17,18)19;/h12-13H,3-11H2,1-2H3,(H2,20,21,22);1H. The number of nitrogens with one attached hydrogen (secondary N) is 2. The van der Waals surface area contributed by atoms with Gasteiger partial charge >= 0.3 is 6.18 Å². The van der Waals surface area contributed by atoms with Gasteiger partial charge in [0, 0.05) is 45.7 Å². The zero-order chi connectivity index (χ0) is 18.4. The van der Waals surface area contributed by atoms with Gasteiger partial charge in [0.2, 0.25) is 5.91 Å². The molecule has 1 amide bonds. The van der Waals surface area contributed by atoms with E-state index in [0.717, 1.165) is 19.4 Å². The second-order valence-corrected chi connectivity index (χ2v) is 6.78. The van der Waals surface area contributed by atoms with Gasteiger partial charge in [-0.05, 0) is 25.3 Å². The number of aliphatic imine (C=N–C) groups is 1. The lowest BCUT2D eigenvalue weighted by Gasteiger charge is -2.20. The largest absolute Gasteiger partial charge is 0.401 e. The quantitative estimate of drug-likeness (QED) is 0.349. The van der Waals surface area contributed by atoms with Gasteiger partial charge in [0.05, 0.1) is 6.54 Å². The Morgan fingerprint density at radius 3 is 2.58 bits per heavy atom. The molecule has 2 fully saturated rings. The summed E-state index contributed by atoms with van der Waals surface area (Å²) in [4.78, 5) is 19.2. The number of carbonyl (C=O) groups is 1. The molecule has 0 aromatic rings. The molecule has 0 saturated carbocycles. The Bertz CT molecular complexity index is 489. The molecule has 2 aliphatic heterocycles. The molecule has 2 atom stereocenters. The number of likely N-dealkylation sites (tertiary alicyclic amines) is 2. The van der Waals surface area contributed by atoms with Crippen LogP contribution < -0.4 is 10.6 Å². The number of amides is 1. The molecule has 0 spiro atoms. The molecule has 2 rings (SSSR count). The second-order valence-electron chi connectivity index (χ2n) is 6.78. The number of rotatable bonds is 5. The summed E-state index contributed by atoms with van der Waals surface area (Å²) in [5.41, 5.74) is 0. The molecule has 2 N–H and O–H groups in total. The first-order valence-corrected chi connectivity index (χ1v) is 8.84. The Morgan fingerprint density at radius 2 is 1.96 bits per heavy atom. The molecular weight excluding hydrogens is 462 g/mol. The van der Waals surface area contributed by atoms with E-state index in [1.165, 1.54) is 4.90 Å². The Balaban J connectivity index is 0.00000338. The van der Waals surface area contributed by atoms with E-state index in [1.54, 1.807) is 7.05 Å². The minimum absolute atomic E-state index is 0. The highest BCUT2D eigenvalue weighted by molar-refractivity contribution is 14.0. The summed E-state index contributed by atoms with van der Waals surface area (Å²) in [5, 5.41) is 6.51. The van der Waals surface area contributed by atoms with Gasteiger partial charge in [0.25, 0.3) is 0 Å². The minimum Gasteiger partial charge on any atom is -0.356 e. The van der Waals surface area contributed by atoms with Crippen molar-refractivity contribution in [3.63, 3.8) is 0 Å². The summed E-state index contributed by atoms with van der Waals surface area (Å²) < 4.78 is 37.3. The van der Waals surface area contributed by atoms with E-state index in [0.29, 0.717) is 38.6 Å². The first-order chi connectivity index (χ1) is 11.8. The van der Waals surface area contributed by atoms with Crippen LogP contribution >= 0.6 is 24.0 Å². The molecular formula is C16H29F3IN5O. The maximum Gasteiger partial charge on any atom is 0.401 e. The molecule has 152 valence electrons. The third-order valence-electron chi connectivity index (χ3n) is 4.74. The van der Waals surface area contributed by atoms with E-state index in [9.17, 15) is 18.0 Å². The Hall–Kier alpha value is -0.780. The van der Waals surface area contributed by atoms with Crippen molar-refractivity contribution in [3.05, 3.63) is 0 Å². The van der Waals surface area contributed by atoms with Gasteiger partial charge in [-0.15, -0.1) is 24.0 Å². The van der Waals surface area contributed by atoms with Crippen LogP contribution in [0.3, 0.4) is 0 Å². The average Bonchev–Trinajstić information content (AvgIpc) is 3.18. The lowest BCUT2D eigenvalue weighted by atomic mass is 10.1. The van der Waals surface area contributed by atoms with E-state index in [1.807, 2.05) is 11.8 Å². The average molecular weight is 491 g/mol. The van der Waals surface area contributed by atoms with Crippen molar-refractivity contribution < 1.29 is 18.0 Å². The van der Waals surface area contributed by atoms with Crippen molar-refractivity contribution in [3.8, 4) is 0 Å². The molecule has 2 aliphatic rings. The molecule has 0 aromatic carbocycles. The topological polar surface area (TPSA) is 60.0 Å². The van der Waals surface area contributed by atoms with Crippen molar-refractivity contribution in [2.45, 2.75) is 38.4 Å². The lowest BCUT2D eigenvalue weighted by molar-refractivity contribution is -0.143. The first-order valence-electron chi connectivity index (χ1n) is 8.84. The van der Waals surface area contributed by atoms with E-state index >= 15 is 0 Å². The zero-order valence-corrected chi connectivity index (χ0v) is 17.6. The summed E-state index contributed by atoms with van der Waals surface area (Å²) in [6, 6.07) is 0.159. The number of hydrogen-bond donors (Lipinski definition) is 2. The minimum atomic E-state index is -4.13.